The predicted octanol–water partition coefficient (Wildman–Crippen LogP) is 3.57. The van der Waals surface area contributed by atoms with E-state index in [0.717, 1.165) is 36.5 Å². The van der Waals surface area contributed by atoms with Crippen molar-refractivity contribution in [1.29, 1.82) is 0 Å². The van der Waals surface area contributed by atoms with E-state index in [2.05, 4.69) is 16.3 Å². The second-order valence-electron chi connectivity index (χ2n) is 6.80. The summed E-state index contributed by atoms with van der Waals surface area (Å²) in [6.45, 7) is 2.59. The van der Waals surface area contributed by atoms with Gasteiger partial charge in [-0.05, 0) is 30.0 Å². The Morgan fingerprint density at radius 2 is 1.86 bits per heavy atom. The predicted molar refractivity (Wildman–Crippen MR) is 119 cm³/mol. The number of nitrogens with one attached hydrogen (secondary N) is 1. The Morgan fingerprint density at radius 3 is 2.57 bits per heavy atom. The van der Waals surface area contributed by atoms with Crippen molar-refractivity contribution in [2.24, 2.45) is 11.7 Å². The van der Waals surface area contributed by atoms with Crippen LogP contribution in [0.5, 0.6) is 5.75 Å². The summed E-state index contributed by atoms with van der Waals surface area (Å²) in [5.74, 6) is 1.35. The van der Waals surface area contributed by atoms with E-state index >= 15 is 0 Å². The molecule has 5 nitrogen and oxygen atoms in total. The smallest absolute Gasteiger partial charge is 0.221 e. The number of benzene rings is 2. The van der Waals surface area contributed by atoms with Gasteiger partial charge in [0.05, 0.1) is 12.8 Å². The van der Waals surface area contributed by atoms with Crippen LogP contribution in [-0.2, 0) is 4.79 Å². The van der Waals surface area contributed by atoms with Crippen LogP contribution in [0.2, 0.25) is 0 Å². The number of amides is 1. The van der Waals surface area contributed by atoms with Crippen LogP contribution in [0, 0.1) is 5.92 Å². The number of ether oxygens (including phenoxy) is 1. The molecular weight excluding hydrogens is 397 g/mol. The van der Waals surface area contributed by atoms with Crippen molar-refractivity contribution in [2.75, 3.05) is 31.6 Å². The standard InChI is InChI=1S/C21H27N3O2.2ClH/c1-26-20-10-6-5-9-19(20)24-12-11-16(15-24)14-23-21(25)13-18(22)17-7-3-2-4-8-17;;/h2-10,16,18H,11-15,22H2,1H3,(H,23,25);2*1H. The van der Waals surface area contributed by atoms with Crippen LogP contribution >= 0.6 is 24.8 Å². The number of para-hydroxylation sites is 2. The number of nitrogens with two attached hydrogens (primary N) is 1. The van der Waals surface area contributed by atoms with Crippen LogP contribution in [0.15, 0.2) is 54.6 Å². The minimum Gasteiger partial charge on any atom is -0.495 e. The molecule has 1 saturated heterocycles. The fourth-order valence-corrected chi connectivity index (χ4v) is 3.46. The van der Waals surface area contributed by atoms with E-state index in [9.17, 15) is 4.79 Å². The van der Waals surface area contributed by atoms with Crippen LogP contribution in [0.25, 0.3) is 0 Å². The zero-order valence-electron chi connectivity index (χ0n) is 16.0. The molecule has 2 aromatic rings. The molecule has 0 radical (unpaired) electrons. The normalized spacial score (nSPS) is 16.5. The van der Waals surface area contributed by atoms with Gasteiger partial charge in [-0.25, -0.2) is 0 Å². The third-order valence-corrected chi connectivity index (χ3v) is 4.93. The maximum atomic E-state index is 12.2. The van der Waals surface area contributed by atoms with Crippen molar-refractivity contribution in [2.45, 2.75) is 18.9 Å². The van der Waals surface area contributed by atoms with Crippen molar-refractivity contribution in [1.82, 2.24) is 5.32 Å². The van der Waals surface area contributed by atoms with E-state index in [1.807, 2.05) is 48.5 Å². The Bertz CT molecular complexity index is 731. The molecule has 28 heavy (non-hydrogen) atoms. The molecule has 1 aliphatic heterocycles. The van der Waals surface area contributed by atoms with Crippen LogP contribution < -0.4 is 20.7 Å². The minimum atomic E-state index is -0.259. The van der Waals surface area contributed by atoms with Crippen molar-refractivity contribution < 1.29 is 9.53 Å². The molecule has 3 N–H and O–H groups in total. The van der Waals surface area contributed by atoms with Gasteiger partial charge in [-0.3, -0.25) is 4.79 Å². The molecule has 2 unspecified atom stereocenters. The Morgan fingerprint density at radius 1 is 1.18 bits per heavy atom. The number of carbonyl (C=O) groups is 1. The summed E-state index contributed by atoms with van der Waals surface area (Å²) >= 11 is 0. The maximum absolute atomic E-state index is 12.2. The number of hydrogen-bond acceptors (Lipinski definition) is 4. The number of carbonyl (C=O) groups excluding carboxylic acids is 1. The van der Waals surface area contributed by atoms with Gasteiger partial charge in [0.25, 0.3) is 0 Å². The average molecular weight is 426 g/mol. The first-order valence-electron chi connectivity index (χ1n) is 9.12. The summed E-state index contributed by atoms with van der Waals surface area (Å²) in [5.41, 5.74) is 8.24. The fourth-order valence-electron chi connectivity index (χ4n) is 3.46. The first-order valence-corrected chi connectivity index (χ1v) is 9.12. The van der Waals surface area contributed by atoms with E-state index in [4.69, 9.17) is 10.5 Å². The number of anilines is 1. The molecule has 154 valence electrons. The maximum Gasteiger partial charge on any atom is 0.221 e. The fraction of sp³-hybridized carbons (Fsp3) is 0.381. The molecule has 1 fully saturated rings. The van der Waals surface area contributed by atoms with Gasteiger partial charge in [0.2, 0.25) is 5.91 Å². The summed E-state index contributed by atoms with van der Waals surface area (Å²) in [7, 11) is 1.70. The Labute approximate surface area is 179 Å². The lowest BCUT2D eigenvalue weighted by Crippen LogP contribution is -2.33. The van der Waals surface area contributed by atoms with Crippen molar-refractivity contribution >= 4 is 36.4 Å². The molecule has 1 heterocycles. The Hall–Kier alpha value is -1.95. The van der Waals surface area contributed by atoms with Gasteiger partial charge < -0.3 is 20.7 Å². The average Bonchev–Trinajstić information content (AvgIpc) is 3.16. The molecule has 2 aromatic carbocycles. The number of hydrogen-bond donors (Lipinski definition) is 2. The highest BCUT2D eigenvalue weighted by molar-refractivity contribution is 5.85. The van der Waals surface area contributed by atoms with Crippen LogP contribution in [0.1, 0.15) is 24.4 Å². The largest absolute Gasteiger partial charge is 0.495 e. The zero-order valence-corrected chi connectivity index (χ0v) is 17.7. The minimum absolute atomic E-state index is 0. The van der Waals surface area contributed by atoms with E-state index in [1.165, 1.54) is 0 Å². The molecule has 2 atom stereocenters. The molecule has 7 heteroatoms. The van der Waals surface area contributed by atoms with Gasteiger partial charge in [-0.2, -0.15) is 0 Å². The summed E-state index contributed by atoms with van der Waals surface area (Å²) in [6.07, 6.45) is 1.37. The molecule has 0 spiro atoms. The number of nitrogens with zero attached hydrogens (tertiary/aromatic N) is 1. The molecule has 1 amide bonds. The quantitative estimate of drug-likeness (QED) is 0.711. The zero-order chi connectivity index (χ0) is 18.4. The van der Waals surface area contributed by atoms with Crippen molar-refractivity contribution in [3.8, 4) is 5.75 Å². The van der Waals surface area contributed by atoms with Gasteiger partial charge >= 0.3 is 0 Å². The molecule has 0 bridgehead atoms. The van der Waals surface area contributed by atoms with E-state index < -0.39 is 0 Å². The first kappa shape index (κ1) is 24.1. The highest BCUT2D eigenvalue weighted by atomic mass is 35.5. The van der Waals surface area contributed by atoms with Gasteiger partial charge in [0, 0.05) is 32.1 Å². The van der Waals surface area contributed by atoms with Gasteiger partial charge in [0.1, 0.15) is 5.75 Å². The van der Waals surface area contributed by atoms with Crippen LogP contribution in [0.4, 0.5) is 5.69 Å². The van der Waals surface area contributed by atoms with Crippen molar-refractivity contribution in [3.63, 3.8) is 0 Å². The van der Waals surface area contributed by atoms with Crippen molar-refractivity contribution in [3.05, 3.63) is 60.2 Å². The first-order chi connectivity index (χ1) is 12.7. The monoisotopic (exact) mass is 425 g/mol. The van der Waals surface area contributed by atoms with E-state index in [1.54, 1.807) is 7.11 Å². The highest BCUT2D eigenvalue weighted by Gasteiger charge is 2.25. The molecule has 1 aliphatic rings. The number of methoxy groups -OCH3 is 1. The van der Waals surface area contributed by atoms with Crippen LogP contribution in [-0.4, -0.2) is 32.7 Å². The Balaban J connectivity index is 0.00000196. The summed E-state index contributed by atoms with van der Waals surface area (Å²) in [5, 5.41) is 3.05. The lowest BCUT2D eigenvalue weighted by Gasteiger charge is -2.21. The summed E-state index contributed by atoms with van der Waals surface area (Å²) < 4.78 is 5.45. The van der Waals surface area contributed by atoms with Crippen LogP contribution in [0.3, 0.4) is 0 Å². The third kappa shape index (κ3) is 6.30. The van der Waals surface area contributed by atoms with Gasteiger partial charge in [-0.1, -0.05) is 42.5 Å². The van der Waals surface area contributed by atoms with E-state index in [0.29, 0.717) is 18.9 Å². The SMILES string of the molecule is COc1ccccc1N1CCC(CNC(=O)CC(N)c2ccccc2)C1.Cl.Cl. The van der Waals surface area contributed by atoms with Gasteiger partial charge in [0.15, 0.2) is 0 Å². The molecular formula is C21H29Cl2N3O2. The lowest BCUT2D eigenvalue weighted by molar-refractivity contribution is -0.121. The third-order valence-electron chi connectivity index (χ3n) is 4.93. The molecule has 0 saturated carbocycles. The number of rotatable bonds is 7. The summed E-state index contributed by atoms with van der Waals surface area (Å²) in [6, 6.07) is 17.6. The second kappa shape index (κ2) is 11.8. The Kier molecular flexibility index (Phi) is 10.1. The van der Waals surface area contributed by atoms with Gasteiger partial charge in [-0.15, -0.1) is 24.8 Å². The number of halogens is 2. The highest BCUT2D eigenvalue weighted by Crippen LogP contribution is 2.31. The molecule has 3 rings (SSSR count). The molecule has 0 aromatic heterocycles. The molecule has 0 aliphatic carbocycles. The second-order valence-corrected chi connectivity index (χ2v) is 6.80. The summed E-state index contributed by atoms with van der Waals surface area (Å²) in [4.78, 5) is 14.5. The topological polar surface area (TPSA) is 67.6 Å². The lowest BCUT2D eigenvalue weighted by atomic mass is 10.0. The van der Waals surface area contributed by atoms with E-state index in [-0.39, 0.29) is 36.8 Å².